The number of aromatic nitrogens is 2. The molecule has 2 heterocycles. The fourth-order valence-corrected chi connectivity index (χ4v) is 3.33. The van der Waals surface area contributed by atoms with Crippen molar-refractivity contribution in [3.05, 3.63) is 71.7 Å². The van der Waals surface area contributed by atoms with E-state index in [0.29, 0.717) is 11.3 Å². The average molecular weight is 332 g/mol. The summed E-state index contributed by atoms with van der Waals surface area (Å²) in [6, 6.07) is 19.8. The van der Waals surface area contributed by atoms with Gasteiger partial charge in [0.05, 0.1) is 10.2 Å². The average Bonchev–Trinajstić information content (AvgIpc) is 3.06. The van der Waals surface area contributed by atoms with Crippen molar-refractivity contribution >= 4 is 27.5 Å². The van der Waals surface area contributed by atoms with Crippen LogP contribution < -0.4 is 0 Å². The molecule has 0 unspecified atom stereocenters. The molecule has 0 aliphatic heterocycles. The van der Waals surface area contributed by atoms with Gasteiger partial charge in [-0.3, -0.25) is 0 Å². The number of hydrogen-bond acceptors (Lipinski definition) is 4. The molecule has 4 rings (SSSR count). The Hall–Kier alpha value is -3.05. The first-order valence-electron chi connectivity index (χ1n) is 7.36. The maximum Gasteiger partial charge on any atom is 0.345 e. The van der Waals surface area contributed by atoms with Crippen LogP contribution >= 0.6 is 11.3 Å². The molecule has 4 nitrogen and oxygen atoms in total. The quantitative estimate of drug-likeness (QED) is 0.589. The van der Waals surface area contributed by atoms with E-state index >= 15 is 0 Å². The summed E-state index contributed by atoms with van der Waals surface area (Å²) in [4.78, 5) is 20.2. The Morgan fingerprint density at radius 2 is 1.58 bits per heavy atom. The van der Waals surface area contributed by atoms with Crippen molar-refractivity contribution in [2.24, 2.45) is 0 Å². The molecule has 0 aliphatic rings. The summed E-state index contributed by atoms with van der Waals surface area (Å²) in [5, 5.41) is 9.07. The minimum absolute atomic E-state index is 0.274. The highest BCUT2D eigenvalue weighted by atomic mass is 32.1. The number of nitrogens with zero attached hydrogens (tertiary/aromatic N) is 2. The van der Waals surface area contributed by atoms with Crippen LogP contribution in [0, 0.1) is 0 Å². The van der Waals surface area contributed by atoms with Gasteiger partial charge in [-0.1, -0.05) is 54.6 Å². The van der Waals surface area contributed by atoms with Gasteiger partial charge in [0.2, 0.25) is 0 Å². The molecule has 4 aromatic rings. The molecule has 2 aromatic carbocycles. The fourth-order valence-electron chi connectivity index (χ4n) is 2.52. The standard InChI is InChI=1S/C19H12N2O2S/c22-19(23)16-10-15-17(24-16)11-20-18(21-15)14-8-6-13(7-9-14)12-4-2-1-3-5-12/h1-11H,(H,22,23). The van der Waals surface area contributed by atoms with E-state index in [1.54, 1.807) is 12.3 Å². The zero-order valence-corrected chi connectivity index (χ0v) is 13.3. The lowest BCUT2D eigenvalue weighted by molar-refractivity contribution is 0.0702. The van der Waals surface area contributed by atoms with Gasteiger partial charge in [-0.2, -0.15) is 0 Å². The fraction of sp³-hybridized carbons (Fsp3) is 0. The summed E-state index contributed by atoms with van der Waals surface area (Å²) < 4.78 is 0.775. The SMILES string of the molecule is O=C(O)c1cc2nc(-c3ccc(-c4ccccc4)cc3)ncc2s1. The maximum absolute atomic E-state index is 11.1. The molecule has 2 aromatic heterocycles. The van der Waals surface area contributed by atoms with Crippen molar-refractivity contribution in [1.29, 1.82) is 0 Å². The van der Waals surface area contributed by atoms with Gasteiger partial charge in [0.15, 0.2) is 5.82 Å². The maximum atomic E-state index is 11.1. The molecular weight excluding hydrogens is 320 g/mol. The third kappa shape index (κ3) is 2.66. The number of carbonyl (C=O) groups is 1. The molecule has 0 aliphatic carbocycles. The zero-order valence-electron chi connectivity index (χ0n) is 12.5. The second-order valence-corrected chi connectivity index (χ2v) is 6.39. The van der Waals surface area contributed by atoms with Crippen molar-refractivity contribution < 1.29 is 9.90 Å². The van der Waals surface area contributed by atoms with Gasteiger partial charge in [-0.15, -0.1) is 11.3 Å². The second-order valence-electron chi connectivity index (χ2n) is 5.30. The molecule has 0 spiro atoms. The minimum atomic E-state index is -0.938. The Morgan fingerprint density at radius 3 is 2.29 bits per heavy atom. The summed E-state index contributed by atoms with van der Waals surface area (Å²) in [6.45, 7) is 0. The van der Waals surface area contributed by atoms with Crippen LogP contribution in [0.15, 0.2) is 66.9 Å². The second kappa shape index (κ2) is 5.86. The first-order chi connectivity index (χ1) is 11.7. The summed E-state index contributed by atoms with van der Waals surface area (Å²) in [7, 11) is 0. The van der Waals surface area contributed by atoms with E-state index in [0.717, 1.165) is 21.4 Å². The number of thiophene rings is 1. The largest absolute Gasteiger partial charge is 0.477 e. The summed E-state index contributed by atoms with van der Waals surface area (Å²) in [5.41, 5.74) is 3.85. The lowest BCUT2D eigenvalue weighted by Gasteiger charge is -2.04. The lowest BCUT2D eigenvalue weighted by atomic mass is 10.0. The van der Waals surface area contributed by atoms with Gasteiger partial charge in [-0.25, -0.2) is 14.8 Å². The first kappa shape index (κ1) is 14.5. The van der Waals surface area contributed by atoms with Crippen molar-refractivity contribution in [2.75, 3.05) is 0 Å². The monoisotopic (exact) mass is 332 g/mol. The smallest absolute Gasteiger partial charge is 0.345 e. The van der Waals surface area contributed by atoms with Gasteiger partial charge in [0, 0.05) is 11.8 Å². The van der Waals surface area contributed by atoms with Gasteiger partial charge in [0.25, 0.3) is 0 Å². The van der Waals surface area contributed by atoms with Crippen molar-refractivity contribution in [2.45, 2.75) is 0 Å². The third-order valence-corrected chi connectivity index (χ3v) is 4.78. The predicted molar refractivity (Wildman–Crippen MR) is 95.2 cm³/mol. The Bertz CT molecular complexity index is 1020. The van der Waals surface area contributed by atoms with Crippen LogP contribution in [0.4, 0.5) is 0 Å². The van der Waals surface area contributed by atoms with Gasteiger partial charge in [0.1, 0.15) is 4.88 Å². The van der Waals surface area contributed by atoms with Gasteiger partial charge < -0.3 is 5.11 Å². The highest BCUT2D eigenvalue weighted by Crippen LogP contribution is 2.27. The third-order valence-electron chi connectivity index (χ3n) is 3.73. The molecule has 5 heteroatoms. The molecule has 116 valence electrons. The molecule has 0 radical (unpaired) electrons. The number of hydrogen-bond donors (Lipinski definition) is 1. The van der Waals surface area contributed by atoms with E-state index in [2.05, 4.69) is 22.1 Å². The Labute approximate surface area is 142 Å². The van der Waals surface area contributed by atoms with E-state index in [1.807, 2.05) is 42.5 Å². The van der Waals surface area contributed by atoms with Crippen LogP contribution in [-0.2, 0) is 0 Å². The molecule has 24 heavy (non-hydrogen) atoms. The molecule has 0 fully saturated rings. The Balaban J connectivity index is 1.70. The number of fused-ring (bicyclic) bond motifs is 1. The van der Waals surface area contributed by atoms with E-state index in [1.165, 1.54) is 11.3 Å². The summed E-state index contributed by atoms with van der Waals surface area (Å²) in [5.74, 6) is -0.344. The van der Waals surface area contributed by atoms with Crippen LogP contribution in [0.1, 0.15) is 9.67 Å². The molecular formula is C19H12N2O2S. The normalized spacial score (nSPS) is 10.8. The van der Waals surface area contributed by atoms with Crippen LogP contribution in [0.25, 0.3) is 32.7 Å². The Morgan fingerprint density at radius 1 is 0.917 bits per heavy atom. The molecule has 1 N–H and O–H groups in total. The molecule has 0 atom stereocenters. The first-order valence-corrected chi connectivity index (χ1v) is 8.18. The number of benzene rings is 2. The number of rotatable bonds is 3. The van der Waals surface area contributed by atoms with Crippen LogP contribution in [0.2, 0.25) is 0 Å². The number of carboxylic acids is 1. The van der Waals surface area contributed by atoms with Crippen LogP contribution in [-0.4, -0.2) is 21.0 Å². The number of carboxylic acid groups (broad SMARTS) is 1. The highest BCUT2D eigenvalue weighted by Gasteiger charge is 2.11. The van der Waals surface area contributed by atoms with E-state index < -0.39 is 5.97 Å². The summed E-state index contributed by atoms with van der Waals surface area (Å²) >= 11 is 1.18. The topological polar surface area (TPSA) is 63.1 Å². The summed E-state index contributed by atoms with van der Waals surface area (Å²) in [6.07, 6.45) is 1.68. The molecule has 0 amide bonds. The molecule has 0 bridgehead atoms. The zero-order chi connectivity index (χ0) is 16.5. The van der Waals surface area contributed by atoms with E-state index in [9.17, 15) is 4.79 Å². The lowest BCUT2D eigenvalue weighted by Crippen LogP contribution is -1.90. The molecule has 0 saturated heterocycles. The van der Waals surface area contributed by atoms with Crippen LogP contribution in [0.5, 0.6) is 0 Å². The van der Waals surface area contributed by atoms with Crippen LogP contribution in [0.3, 0.4) is 0 Å². The van der Waals surface area contributed by atoms with E-state index in [4.69, 9.17) is 5.11 Å². The van der Waals surface area contributed by atoms with Gasteiger partial charge in [-0.05, 0) is 17.2 Å². The Kier molecular flexibility index (Phi) is 3.55. The minimum Gasteiger partial charge on any atom is -0.477 e. The van der Waals surface area contributed by atoms with Crippen molar-refractivity contribution in [3.63, 3.8) is 0 Å². The predicted octanol–water partition coefficient (Wildman–Crippen LogP) is 4.72. The molecule has 0 saturated carbocycles. The van der Waals surface area contributed by atoms with Crippen molar-refractivity contribution in [3.8, 4) is 22.5 Å². The highest BCUT2D eigenvalue weighted by molar-refractivity contribution is 7.20. The van der Waals surface area contributed by atoms with E-state index in [-0.39, 0.29) is 4.88 Å². The van der Waals surface area contributed by atoms with Gasteiger partial charge >= 0.3 is 5.97 Å². The van der Waals surface area contributed by atoms with Crippen molar-refractivity contribution in [1.82, 2.24) is 9.97 Å². The number of aromatic carboxylic acids is 1.